The number of nitrogens with one attached hydrogen (secondary N) is 3. The molecule has 1 heterocycles. The number of amides is 4. The van der Waals surface area contributed by atoms with E-state index in [9.17, 15) is 28.8 Å². The van der Waals surface area contributed by atoms with Crippen LogP contribution in [0.3, 0.4) is 0 Å². The molecule has 0 spiro atoms. The zero-order chi connectivity index (χ0) is 30.3. The second kappa shape index (κ2) is 17.8. The average Bonchev–Trinajstić information content (AvgIpc) is 2.97. The van der Waals surface area contributed by atoms with Gasteiger partial charge in [-0.2, -0.15) is 0 Å². The molecule has 0 saturated heterocycles. The summed E-state index contributed by atoms with van der Waals surface area (Å²) in [6.07, 6.45) is 16.4. The first-order valence-corrected chi connectivity index (χ1v) is 16.1. The van der Waals surface area contributed by atoms with Crippen LogP contribution < -0.4 is 21.7 Å². The number of carbonyl (C=O) groups is 6. The van der Waals surface area contributed by atoms with Crippen LogP contribution in [0.1, 0.15) is 116 Å². The van der Waals surface area contributed by atoms with Crippen molar-refractivity contribution in [2.75, 3.05) is 6.54 Å². The fourth-order valence-electron chi connectivity index (χ4n) is 6.66. The lowest BCUT2D eigenvalue weighted by Crippen LogP contribution is -2.45. The number of ketones is 2. The van der Waals surface area contributed by atoms with Crippen molar-refractivity contribution in [3.63, 3.8) is 0 Å². The summed E-state index contributed by atoms with van der Waals surface area (Å²) in [7, 11) is 0. The third-order valence-corrected chi connectivity index (χ3v) is 9.11. The van der Waals surface area contributed by atoms with Gasteiger partial charge in [0.2, 0.25) is 23.6 Å². The van der Waals surface area contributed by atoms with Crippen LogP contribution in [0.2, 0.25) is 0 Å². The Balaban J connectivity index is 1.79. The maximum Gasteiger partial charge on any atom is 0.244 e. The lowest BCUT2D eigenvalue weighted by Gasteiger charge is -2.29. The molecule has 0 radical (unpaired) electrons. The third-order valence-electron chi connectivity index (χ3n) is 9.11. The standard InChI is InChI=1S/C32H50N4O6/c33-31(41)26-15-9-3-8-14-25(37)21-34-32(42)24(18-22-10-4-1-5-11-22)20-28(38)27(19-23-12-6-2-7-13-23)36-30(40)17-16-29(39)35-26/h16-17,22-24,26-27H,1-15,18-21H2,(H2,33,41)(H,34,42)(H,35,39)(H,36,40)/b17-16+/t24-,26-,27+/m1/s1. The molecular formula is C32H50N4O6. The predicted octanol–water partition coefficient (Wildman–Crippen LogP) is 3.16. The van der Waals surface area contributed by atoms with Crippen LogP contribution in [0.15, 0.2) is 12.2 Å². The molecule has 3 aliphatic rings. The largest absolute Gasteiger partial charge is 0.368 e. The van der Waals surface area contributed by atoms with Crippen LogP contribution in [0.5, 0.6) is 0 Å². The van der Waals surface area contributed by atoms with Gasteiger partial charge >= 0.3 is 0 Å². The lowest BCUT2D eigenvalue weighted by molar-refractivity contribution is -0.133. The zero-order valence-corrected chi connectivity index (χ0v) is 25.0. The van der Waals surface area contributed by atoms with E-state index in [4.69, 9.17) is 5.73 Å². The molecule has 234 valence electrons. The van der Waals surface area contributed by atoms with Crippen molar-refractivity contribution in [3.8, 4) is 0 Å². The molecule has 42 heavy (non-hydrogen) atoms. The second-order valence-corrected chi connectivity index (χ2v) is 12.6. The number of hydrogen-bond donors (Lipinski definition) is 4. The molecule has 5 N–H and O–H groups in total. The molecule has 10 nitrogen and oxygen atoms in total. The van der Waals surface area contributed by atoms with Crippen LogP contribution in [0.25, 0.3) is 0 Å². The zero-order valence-electron chi connectivity index (χ0n) is 25.0. The van der Waals surface area contributed by atoms with Crippen LogP contribution >= 0.6 is 0 Å². The third kappa shape index (κ3) is 12.1. The van der Waals surface area contributed by atoms with Crippen molar-refractivity contribution in [2.24, 2.45) is 23.5 Å². The molecule has 0 bridgehead atoms. The van der Waals surface area contributed by atoms with Gasteiger partial charge in [-0.25, -0.2) is 0 Å². The van der Waals surface area contributed by atoms with Crippen molar-refractivity contribution in [3.05, 3.63) is 12.2 Å². The maximum atomic E-state index is 13.7. The SMILES string of the molecule is NC(=O)[C@H]1CCCCCC(=O)CNC(=O)[C@H](CC2CCCCC2)CC(=O)[C@H](CC2CCCCC2)NC(=O)/C=C/C(=O)N1. The van der Waals surface area contributed by atoms with Crippen molar-refractivity contribution in [1.82, 2.24) is 16.0 Å². The number of nitrogens with two attached hydrogens (primary N) is 1. The Morgan fingerprint density at radius 2 is 1.26 bits per heavy atom. The van der Waals surface area contributed by atoms with Gasteiger partial charge in [0.1, 0.15) is 6.04 Å². The first-order chi connectivity index (χ1) is 20.2. The van der Waals surface area contributed by atoms with E-state index in [-0.39, 0.29) is 30.4 Å². The molecule has 2 aliphatic carbocycles. The van der Waals surface area contributed by atoms with E-state index in [2.05, 4.69) is 16.0 Å². The van der Waals surface area contributed by atoms with E-state index in [1.54, 1.807) is 0 Å². The summed E-state index contributed by atoms with van der Waals surface area (Å²) < 4.78 is 0. The molecule has 2 saturated carbocycles. The number of hydrogen-bond acceptors (Lipinski definition) is 6. The Bertz CT molecular complexity index is 983. The molecule has 0 aromatic rings. The van der Waals surface area contributed by atoms with Crippen LogP contribution in [-0.4, -0.2) is 53.8 Å². The van der Waals surface area contributed by atoms with E-state index >= 15 is 0 Å². The van der Waals surface area contributed by atoms with Crippen molar-refractivity contribution >= 4 is 35.2 Å². The van der Waals surface area contributed by atoms with Gasteiger partial charge in [-0.1, -0.05) is 77.0 Å². The van der Waals surface area contributed by atoms with Crippen molar-refractivity contribution in [2.45, 2.75) is 128 Å². The molecule has 10 heteroatoms. The lowest BCUT2D eigenvalue weighted by atomic mass is 9.79. The van der Waals surface area contributed by atoms with Crippen molar-refractivity contribution < 1.29 is 28.8 Å². The molecule has 2 fully saturated rings. The molecule has 3 rings (SSSR count). The Morgan fingerprint density at radius 1 is 0.714 bits per heavy atom. The Labute approximate surface area is 249 Å². The summed E-state index contributed by atoms with van der Waals surface area (Å²) in [5.74, 6) is -2.35. The van der Waals surface area contributed by atoms with Crippen molar-refractivity contribution in [1.29, 1.82) is 0 Å². The minimum Gasteiger partial charge on any atom is -0.368 e. The normalized spacial score (nSPS) is 28.3. The number of Topliss-reactive ketones (excluding diaryl/α,β-unsaturated/α-hetero) is 2. The fraction of sp³-hybridized carbons (Fsp3) is 0.750. The molecule has 3 atom stereocenters. The summed E-state index contributed by atoms with van der Waals surface area (Å²) >= 11 is 0. The summed E-state index contributed by atoms with van der Waals surface area (Å²) in [5.41, 5.74) is 5.45. The van der Waals surface area contributed by atoms with Gasteiger partial charge in [0, 0.05) is 30.9 Å². The number of rotatable bonds is 5. The Kier molecular flexibility index (Phi) is 14.2. The van der Waals surface area contributed by atoms with Crippen LogP contribution in [-0.2, 0) is 28.8 Å². The smallest absolute Gasteiger partial charge is 0.244 e. The number of carbonyl (C=O) groups excluding carboxylic acids is 6. The Morgan fingerprint density at radius 3 is 1.88 bits per heavy atom. The molecule has 4 amide bonds. The highest BCUT2D eigenvalue weighted by Crippen LogP contribution is 2.32. The highest BCUT2D eigenvalue weighted by Gasteiger charge is 2.32. The maximum absolute atomic E-state index is 13.7. The van der Waals surface area contributed by atoms with E-state index in [0.717, 1.165) is 69.9 Å². The summed E-state index contributed by atoms with van der Waals surface area (Å²) in [5, 5.41) is 8.15. The van der Waals surface area contributed by atoms with Gasteiger partial charge in [-0.05, 0) is 37.5 Å². The summed E-state index contributed by atoms with van der Waals surface area (Å²) in [6.45, 7) is -0.0822. The van der Waals surface area contributed by atoms with Gasteiger partial charge in [0.15, 0.2) is 11.6 Å². The minimum absolute atomic E-state index is 0.00131. The van der Waals surface area contributed by atoms with Gasteiger partial charge in [0.05, 0.1) is 12.6 Å². The molecule has 0 unspecified atom stereocenters. The average molecular weight is 587 g/mol. The first kappa shape index (κ1) is 33.5. The summed E-state index contributed by atoms with van der Waals surface area (Å²) in [4.78, 5) is 76.8. The monoisotopic (exact) mass is 586 g/mol. The molecular weight excluding hydrogens is 536 g/mol. The van der Waals surface area contributed by atoms with E-state index in [1.807, 2.05) is 0 Å². The number of primary amides is 1. The van der Waals surface area contributed by atoms with E-state index < -0.39 is 35.7 Å². The highest BCUT2D eigenvalue weighted by molar-refractivity contribution is 6.00. The van der Waals surface area contributed by atoms with E-state index in [1.165, 1.54) is 6.42 Å². The highest BCUT2D eigenvalue weighted by atomic mass is 16.2. The van der Waals surface area contributed by atoms with Gasteiger partial charge in [-0.3, -0.25) is 28.8 Å². The predicted molar refractivity (Wildman–Crippen MR) is 159 cm³/mol. The fourth-order valence-corrected chi connectivity index (χ4v) is 6.66. The van der Waals surface area contributed by atoms with Crippen LogP contribution in [0.4, 0.5) is 0 Å². The molecule has 1 aliphatic heterocycles. The van der Waals surface area contributed by atoms with Gasteiger partial charge in [-0.15, -0.1) is 0 Å². The molecule has 0 aromatic carbocycles. The second-order valence-electron chi connectivity index (χ2n) is 12.6. The van der Waals surface area contributed by atoms with Crippen LogP contribution in [0, 0.1) is 17.8 Å². The van der Waals surface area contributed by atoms with Gasteiger partial charge in [0.25, 0.3) is 0 Å². The summed E-state index contributed by atoms with van der Waals surface area (Å²) in [6, 6.07) is -1.67. The quantitative estimate of drug-likeness (QED) is 0.386. The Hall–Kier alpha value is -3.04. The van der Waals surface area contributed by atoms with Gasteiger partial charge < -0.3 is 21.7 Å². The minimum atomic E-state index is -0.896. The topological polar surface area (TPSA) is 165 Å². The first-order valence-electron chi connectivity index (χ1n) is 16.1. The molecule has 0 aromatic heterocycles. The van der Waals surface area contributed by atoms with E-state index in [0.29, 0.717) is 56.8 Å².